The molecule has 29 heavy (non-hydrogen) atoms. The number of carbonyl (C=O) groups excluding carboxylic acids is 2. The zero-order valence-corrected chi connectivity index (χ0v) is 17.0. The SMILES string of the molecule is O=C(CNS(=O)(=O)c1cccs1)OCC(=O)N1CCN(c2ccccc2F)CC1. The maximum atomic E-state index is 13.9. The van der Waals surface area contributed by atoms with Crippen LogP contribution in [0.4, 0.5) is 10.1 Å². The normalized spacial score (nSPS) is 14.7. The molecule has 0 spiro atoms. The van der Waals surface area contributed by atoms with Gasteiger partial charge < -0.3 is 14.5 Å². The summed E-state index contributed by atoms with van der Waals surface area (Å²) in [7, 11) is -3.77. The van der Waals surface area contributed by atoms with Crippen molar-refractivity contribution < 1.29 is 27.1 Å². The van der Waals surface area contributed by atoms with Crippen molar-refractivity contribution in [3.8, 4) is 0 Å². The van der Waals surface area contributed by atoms with E-state index in [9.17, 15) is 22.4 Å². The number of para-hydroxylation sites is 1. The highest BCUT2D eigenvalue weighted by Gasteiger charge is 2.24. The maximum absolute atomic E-state index is 13.9. The Hall–Kier alpha value is -2.50. The first-order chi connectivity index (χ1) is 13.9. The minimum Gasteiger partial charge on any atom is -0.455 e. The smallest absolute Gasteiger partial charge is 0.321 e. The molecule has 1 aromatic carbocycles. The monoisotopic (exact) mass is 441 g/mol. The minimum absolute atomic E-state index is 0.0918. The van der Waals surface area contributed by atoms with Crippen LogP contribution in [-0.4, -0.2) is 64.5 Å². The number of esters is 1. The van der Waals surface area contributed by atoms with E-state index in [0.29, 0.717) is 31.9 Å². The van der Waals surface area contributed by atoms with Crippen molar-refractivity contribution in [2.24, 2.45) is 0 Å². The maximum Gasteiger partial charge on any atom is 0.321 e. The number of halogens is 1. The molecule has 156 valence electrons. The molecule has 1 saturated heterocycles. The Morgan fingerprint density at radius 3 is 2.48 bits per heavy atom. The number of benzene rings is 1. The van der Waals surface area contributed by atoms with E-state index in [2.05, 4.69) is 4.72 Å². The molecule has 0 saturated carbocycles. The lowest BCUT2D eigenvalue weighted by atomic mass is 10.2. The molecule has 1 fully saturated rings. The van der Waals surface area contributed by atoms with Crippen LogP contribution in [0, 0.1) is 5.82 Å². The van der Waals surface area contributed by atoms with Crippen LogP contribution in [0.2, 0.25) is 0 Å². The van der Waals surface area contributed by atoms with Crippen LogP contribution >= 0.6 is 11.3 Å². The van der Waals surface area contributed by atoms with Gasteiger partial charge in [0.1, 0.15) is 16.6 Å². The highest BCUT2D eigenvalue weighted by molar-refractivity contribution is 7.91. The van der Waals surface area contributed by atoms with Crippen molar-refractivity contribution in [1.82, 2.24) is 9.62 Å². The second kappa shape index (κ2) is 9.33. The van der Waals surface area contributed by atoms with E-state index in [1.54, 1.807) is 29.6 Å². The standard InChI is InChI=1S/C18H20FN3O5S2/c19-14-4-1-2-5-15(14)21-7-9-22(10-8-21)16(23)13-27-17(24)12-20-29(25,26)18-6-3-11-28-18/h1-6,11,20H,7-10,12-13H2. The molecular formula is C18H20FN3O5S2. The lowest BCUT2D eigenvalue weighted by Crippen LogP contribution is -2.50. The first-order valence-corrected chi connectivity index (χ1v) is 11.2. The molecule has 1 aliphatic rings. The summed E-state index contributed by atoms with van der Waals surface area (Å²) in [5.41, 5.74) is 0.490. The third-order valence-electron chi connectivity index (χ3n) is 4.35. The van der Waals surface area contributed by atoms with Gasteiger partial charge in [0.15, 0.2) is 6.61 Å². The van der Waals surface area contributed by atoms with Crippen LogP contribution in [0.3, 0.4) is 0 Å². The van der Waals surface area contributed by atoms with Crippen LogP contribution in [0.15, 0.2) is 46.0 Å². The van der Waals surface area contributed by atoms with Gasteiger partial charge in [-0.15, -0.1) is 11.3 Å². The van der Waals surface area contributed by atoms with E-state index in [0.717, 1.165) is 11.3 Å². The summed E-state index contributed by atoms with van der Waals surface area (Å²) in [5.74, 6) is -1.54. The Balaban J connectivity index is 1.41. The Kier molecular flexibility index (Phi) is 6.83. The van der Waals surface area contributed by atoms with Gasteiger partial charge in [-0.05, 0) is 23.6 Å². The summed E-state index contributed by atoms with van der Waals surface area (Å²) < 4.78 is 44.8. The number of hydrogen-bond donors (Lipinski definition) is 1. The quantitative estimate of drug-likeness (QED) is 0.646. The number of sulfonamides is 1. The summed E-state index contributed by atoms with van der Waals surface area (Å²) in [5, 5.41) is 1.61. The minimum atomic E-state index is -3.77. The van der Waals surface area contributed by atoms with E-state index in [1.807, 2.05) is 4.90 Å². The number of anilines is 1. The fourth-order valence-corrected chi connectivity index (χ4v) is 4.84. The molecule has 8 nitrogen and oxygen atoms in total. The van der Waals surface area contributed by atoms with Crippen LogP contribution in [0.5, 0.6) is 0 Å². The predicted molar refractivity (Wildman–Crippen MR) is 106 cm³/mol. The molecule has 0 radical (unpaired) electrons. The predicted octanol–water partition coefficient (Wildman–Crippen LogP) is 1.06. The number of carbonyl (C=O) groups is 2. The second-order valence-electron chi connectivity index (χ2n) is 6.24. The molecule has 0 bridgehead atoms. The highest BCUT2D eigenvalue weighted by Crippen LogP contribution is 2.20. The number of ether oxygens (including phenoxy) is 1. The van der Waals surface area contributed by atoms with Gasteiger partial charge in [-0.2, -0.15) is 4.72 Å². The Bertz CT molecular complexity index is 958. The van der Waals surface area contributed by atoms with Gasteiger partial charge in [0, 0.05) is 26.2 Å². The van der Waals surface area contributed by atoms with Crippen molar-refractivity contribution in [3.05, 3.63) is 47.6 Å². The fraction of sp³-hybridized carbons (Fsp3) is 0.333. The lowest BCUT2D eigenvalue weighted by Gasteiger charge is -2.36. The Morgan fingerprint density at radius 2 is 1.83 bits per heavy atom. The molecule has 1 aromatic heterocycles. The van der Waals surface area contributed by atoms with Crippen molar-refractivity contribution in [2.75, 3.05) is 44.2 Å². The Labute approximate surface area is 171 Å². The van der Waals surface area contributed by atoms with Gasteiger partial charge >= 0.3 is 5.97 Å². The van der Waals surface area contributed by atoms with Gasteiger partial charge in [0.25, 0.3) is 15.9 Å². The second-order valence-corrected chi connectivity index (χ2v) is 9.18. The number of rotatable bonds is 7. The van der Waals surface area contributed by atoms with Crippen LogP contribution < -0.4 is 9.62 Å². The zero-order chi connectivity index (χ0) is 20.9. The third kappa shape index (κ3) is 5.52. The van der Waals surface area contributed by atoms with Gasteiger partial charge in [-0.1, -0.05) is 18.2 Å². The van der Waals surface area contributed by atoms with E-state index in [-0.39, 0.29) is 15.9 Å². The van der Waals surface area contributed by atoms with Crippen molar-refractivity contribution in [3.63, 3.8) is 0 Å². The summed E-state index contributed by atoms with van der Waals surface area (Å²) >= 11 is 1.03. The molecule has 1 aliphatic heterocycles. The molecule has 0 unspecified atom stereocenters. The molecule has 2 aromatic rings. The molecule has 1 amide bonds. The summed E-state index contributed by atoms with van der Waals surface area (Å²) in [4.78, 5) is 27.4. The number of piperazine rings is 1. The molecule has 3 rings (SSSR count). The van der Waals surface area contributed by atoms with Gasteiger partial charge in [-0.3, -0.25) is 9.59 Å². The average Bonchev–Trinajstić information content (AvgIpc) is 3.27. The van der Waals surface area contributed by atoms with Crippen LogP contribution in [0.1, 0.15) is 0 Å². The lowest BCUT2D eigenvalue weighted by molar-refractivity contribution is -0.151. The highest BCUT2D eigenvalue weighted by atomic mass is 32.2. The zero-order valence-electron chi connectivity index (χ0n) is 15.4. The van der Waals surface area contributed by atoms with E-state index >= 15 is 0 Å². The average molecular weight is 442 g/mol. The molecule has 1 N–H and O–H groups in total. The number of nitrogens with zero attached hydrogens (tertiary/aromatic N) is 2. The largest absolute Gasteiger partial charge is 0.455 e. The summed E-state index contributed by atoms with van der Waals surface area (Å²) in [6.07, 6.45) is 0. The van der Waals surface area contributed by atoms with Crippen molar-refractivity contribution in [1.29, 1.82) is 0 Å². The van der Waals surface area contributed by atoms with E-state index in [4.69, 9.17) is 4.74 Å². The molecule has 0 aliphatic carbocycles. The first-order valence-electron chi connectivity index (χ1n) is 8.83. The summed E-state index contributed by atoms with van der Waals surface area (Å²) in [6, 6.07) is 9.45. The Morgan fingerprint density at radius 1 is 1.10 bits per heavy atom. The number of hydrogen-bond acceptors (Lipinski definition) is 7. The first kappa shape index (κ1) is 21.2. The van der Waals surface area contributed by atoms with E-state index in [1.165, 1.54) is 17.0 Å². The van der Waals surface area contributed by atoms with Crippen molar-refractivity contribution >= 4 is 38.9 Å². The van der Waals surface area contributed by atoms with Crippen LogP contribution in [0.25, 0.3) is 0 Å². The third-order valence-corrected chi connectivity index (χ3v) is 7.15. The molecule has 0 atom stereocenters. The van der Waals surface area contributed by atoms with Gasteiger partial charge in [0.2, 0.25) is 0 Å². The topological polar surface area (TPSA) is 96.0 Å². The van der Waals surface area contributed by atoms with E-state index < -0.39 is 29.1 Å². The van der Waals surface area contributed by atoms with Gasteiger partial charge in [0.05, 0.1) is 5.69 Å². The van der Waals surface area contributed by atoms with Crippen molar-refractivity contribution in [2.45, 2.75) is 4.21 Å². The fourth-order valence-electron chi connectivity index (χ4n) is 2.83. The van der Waals surface area contributed by atoms with Gasteiger partial charge in [-0.25, -0.2) is 12.8 Å². The van der Waals surface area contributed by atoms with Crippen LogP contribution in [-0.2, 0) is 24.3 Å². The molecular weight excluding hydrogens is 421 g/mol. The molecule has 2 heterocycles. The number of nitrogens with one attached hydrogen (secondary N) is 1. The molecule has 11 heteroatoms. The summed E-state index contributed by atoms with van der Waals surface area (Å²) in [6.45, 7) is 0.627. The number of amides is 1. The number of thiophene rings is 1.